The first-order valence-corrected chi connectivity index (χ1v) is 6.45. The van der Waals surface area contributed by atoms with Crippen LogP contribution in [0.1, 0.15) is 38.3 Å². The van der Waals surface area contributed by atoms with Crippen molar-refractivity contribution in [3.05, 3.63) is 23.4 Å². The first-order chi connectivity index (χ1) is 7.63. The highest BCUT2D eigenvalue weighted by Crippen LogP contribution is 2.21. The summed E-state index contributed by atoms with van der Waals surface area (Å²) in [4.78, 5) is 6.87. The number of pyridine rings is 1. The van der Waals surface area contributed by atoms with Crippen LogP contribution >= 0.6 is 11.6 Å². The van der Waals surface area contributed by atoms with Crippen LogP contribution in [0.25, 0.3) is 0 Å². The van der Waals surface area contributed by atoms with Crippen molar-refractivity contribution in [1.82, 2.24) is 4.98 Å². The molecule has 0 fully saturated rings. The second kappa shape index (κ2) is 6.09. The number of hydrogen-bond donors (Lipinski definition) is 0. The summed E-state index contributed by atoms with van der Waals surface area (Å²) in [5.74, 6) is 1.62. The first-order valence-electron chi connectivity index (χ1n) is 5.92. The number of rotatable bonds is 5. The van der Waals surface area contributed by atoms with Crippen molar-refractivity contribution in [2.24, 2.45) is 0 Å². The standard InChI is InChI=1S/C13H21ClN2/c1-5-11(4)16(6-2)13-10(3)7-12(8-14)9-15-13/h7,9,11H,5-6,8H2,1-4H3. The molecule has 2 nitrogen and oxygen atoms in total. The number of nitrogens with zero attached hydrogens (tertiary/aromatic N) is 2. The summed E-state index contributed by atoms with van der Waals surface area (Å²) in [5.41, 5.74) is 2.29. The van der Waals surface area contributed by atoms with E-state index >= 15 is 0 Å². The topological polar surface area (TPSA) is 16.1 Å². The van der Waals surface area contributed by atoms with E-state index in [-0.39, 0.29) is 0 Å². The molecule has 0 saturated carbocycles. The van der Waals surface area contributed by atoms with Gasteiger partial charge in [0.1, 0.15) is 5.82 Å². The van der Waals surface area contributed by atoms with Gasteiger partial charge in [-0.1, -0.05) is 6.92 Å². The minimum absolute atomic E-state index is 0.526. The van der Waals surface area contributed by atoms with Gasteiger partial charge in [-0.05, 0) is 44.4 Å². The van der Waals surface area contributed by atoms with Gasteiger partial charge in [0.05, 0.1) is 0 Å². The van der Waals surface area contributed by atoms with Gasteiger partial charge in [0.2, 0.25) is 0 Å². The van der Waals surface area contributed by atoms with E-state index in [1.807, 2.05) is 6.20 Å². The van der Waals surface area contributed by atoms with Gasteiger partial charge in [0, 0.05) is 24.7 Å². The third kappa shape index (κ3) is 2.88. The average molecular weight is 241 g/mol. The van der Waals surface area contributed by atoms with Gasteiger partial charge in [-0.2, -0.15) is 0 Å². The molecule has 0 saturated heterocycles. The van der Waals surface area contributed by atoms with E-state index in [1.165, 1.54) is 5.56 Å². The molecule has 0 bridgehead atoms. The summed E-state index contributed by atoms with van der Waals surface area (Å²) in [5, 5.41) is 0. The van der Waals surface area contributed by atoms with E-state index < -0.39 is 0 Å². The Morgan fingerprint density at radius 2 is 2.12 bits per heavy atom. The van der Waals surface area contributed by atoms with Crippen LogP contribution in [0.4, 0.5) is 5.82 Å². The van der Waals surface area contributed by atoms with Crippen LogP contribution in [-0.4, -0.2) is 17.6 Å². The van der Waals surface area contributed by atoms with Gasteiger partial charge in [0.15, 0.2) is 0 Å². The number of aromatic nitrogens is 1. The smallest absolute Gasteiger partial charge is 0.131 e. The second-order valence-electron chi connectivity index (χ2n) is 4.16. The molecule has 1 atom stereocenters. The summed E-state index contributed by atoms with van der Waals surface area (Å²) < 4.78 is 0. The fourth-order valence-corrected chi connectivity index (χ4v) is 2.04. The van der Waals surface area contributed by atoms with Crippen LogP contribution in [0.2, 0.25) is 0 Å². The summed E-state index contributed by atoms with van der Waals surface area (Å²) in [6, 6.07) is 2.65. The highest BCUT2D eigenvalue weighted by molar-refractivity contribution is 6.17. The number of halogens is 1. The SMILES string of the molecule is CCC(C)N(CC)c1ncc(CCl)cc1C. The monoisotopic (exact) mass is 240 g/mol. The molecule has 90 valence electrons. The van der Waals surface area contributed by atoms with Crippen LogP contribution in [0, 0.1) is 6.92 Å². The molecular formula is C13H21ClN2. The average Bonchev–Trinajstić information content (AvgIpc) is 2.31. The molecule has 0 aliphatic rings. The molecule has 0 aromatic carbocycles. The summed E-state index contributed by atoms with van der Waals surface area (Å²) in [6.45, 7) is 9.70. The van der Waals surface area contributed by atoms with Gasteiger partial charge in [-0.25, -0.2) is 4.98 Å². The zero-order chi connectivity index (χ0) is 12.1. The quantitative estimate of drug-likeness (QED) is 0.729. The maximum absolute atomic E-state index is 5.80. The molecule has 0 aliphatic carbocycles. The number of hydrogen-bond acceptors (Lipinski definition) is 2. The zero-order valence-electron chi connectivity index (χ0n) is 10.6. The van der Waals surface area contributed by atoms with Crippen LogP contribution in [0.15, 0.2) is 12.3 Å². The molecule has 0 N–H and O–H groups in total. The lowest BCUT2D eigenvalue weighted by Crippen LogP contribution is -2.33. The molecule has 0 aliphatic heterocycles. The molecule has 1 aromatic heterocycles. The molecule has 0 radical (unpaired) electrons. The molecule has 0 amide bonds. The molecule has 16 heavy (non-hydrogen) atoms. The minimum atomic E-state index is 0.526. The number of alkyl halides is 1. The first kappa shape index (κ1) is 13.3. The van der Waals surface area contributed by atoms with E-state index in [1.54, 1.807) is 0 Å². The Kier molecular flexibility index (Phi) is 5.07. The van der Waals surface area contributed by atoms with E-state index in [4.69, 9.17) is 11.6 Å². The molecule has 3 heteroatoms. The molecule has 1 aromatic rings. The molecule has 0 spiro atoms. The normalized spacial score (nSPS) is 12.6. The molecule has 1 heterocycles. The van der Waals surface area contributed by atoms with Gasteiger partial charge >= 0.3 is 0 Å². The van der Waals surface area contributed by atoms with E-state index in [2.05, 4.69) is 43.6 Å². The van der Waals surface area contributed by atoms with Crippen molar-refractivity contribution in [3.63, 3.8) is 0 Å². The Morgan fingerprint density at radius 1 is 1.44 bits per heavy atom. The zero-order valence-corrected chi connectivity index (χ0v) is 11.4. The Bertz CT molecular complexity index is 339. The fraction of sp³-hybridized carbons (Fsp3) is 0.615. The maximum atomic E-state index is 5.80. The van der Waals surface area contributed by atoms with Crippen LogP contribution in [0.3, 0.4) is 0 Å². The summed E-state index contributed by atoms with van der Waals surface area (Å²) in [6.07, 6.45) is 3.01. The van der Waals surface area contributed by atoms with Gasteiger partial charge in [-0.3, -0.25) is 0 Å². The van der Waals surface area contributed by atoms with Crippen molar-refractivity contribution < 1.29 is 0 Å². The predicted octanol–water partition coefficient (Wildman–Crippen LogP) is 3.75. The van der Waals surface area contributed by atoms with Gasteiger partial charge in [0.25, 0.3) is 0 Å². The molecule has 1 unspecified atom stereocenters. The maximum Gasteiger partial charge on any atom is 0.131 e. The third-order valence-electron chi connectivity index (χ3n) is 3.00. The Balaban J connectivity index is 3.01. The lowest BCUT2D eigenvalue weighted by atomic mass is 10.1. The molecule has 1 rings (SSSR count). The largest absolute Gasteiger partial charge is 0.354 e. The van der Waals surface area contributed by atoms with Crippen molar-refractivity contribution in [1.29, 1.82) is 0 Å². The van der Waals surface area contributed by atoms with Gasteiger partial charge < -0.3 is 4.90 Å². The fourth-order valence-electron chi connectivity index (χ4n) is 1.89. The Morgan fingerprint density at radius 3 is 2.56 bits per heavy atom. The Hall–Kier alpha value is -0.760. The van der Waals surface area contributed by atoms with Gasteiger partial charge in [-0.15, -0.1) is 11.6 Å². The lowest BCUT2D eigenvalue weighted by Gasteiger charge is -2.29. The van der Waals surface area contributed by atoms with Crippen LogP contribution in [-0.2, 0) is 5.88 Å². The van der Waals surface area contributed by atoms with E-state index in [9.17, 15) is 0 Å². The van der Waals surface area contributed by atoms with Crippen molar-refractivity contribution >= 4 is 17.4 Å². The van der Waals surface area contributed by atoms with Crippen molar-refractivity contribution in [2.75, 3.05) is 11.4 Å². The Labute approximate surface area is 104 Å². The van der Waals surface area contributed by atoms with E-state index in [0.29, 0.717) is 11.9 Å². The summed E-state index contributed by atoms with van der Waals surface area (Å²) >= 11 is 5.80. The minimum Gasteiger partial charge on any atom is -0.354 e. The van der Waals surface area contributed by atoms with E-state index in [0.717, 1.165) is 24.3 Å². The molecular weight excluding hydrogens is 220 g/mol. The number of anilines is 1. The van der Waals surface area contributed by atoms with Crippen LogP contribution < -0.4 is 4.90 Å². The number of aryl methyl sites for hydroxylation is 1. The highest BCUT2D eigenvalue weighted by atomic mass is 35.5. The highest BCUT2D eigenvalue weighted by Gasteiger charge is 2.14. The van der Waals surface area contributed by atoms with Crippen molar-refractivity contribution in [2.45, 2.75) is 46.0 Å². The van der Waals surface area contributed by atoms with Crippen molar-refractivity contribution in [3.8, 4) is 0 Å². The summed E-state index contributed by atoms with van der Waals surface area (Å²) in [7, 11) is 0. The third-order valence-corrected chi connectivity index (χ3v) is 3.31. The second-order valence-corrected chi connectivity index (χ2v) is 4.43. The predicted molar refractivity (Wildman–Crippen MR) is 71.3 cm³/mol. The lowest BCUT2D eigenvalue weighted by molar-refractivity contribution is 0.621. The van der Waals surface area contributed by atoms with Crippen LogP contribution in [0.5, 0.6) is 0 Å².